The highest BCUT2D eigenvalue weighted by Gasteiger charge is 2.19. The molecule has 1 N–H and O–H groups in total. The monoisotopic (exact) mass is 363 g/mol. The normalized spacial score (nSPS) is 10.5. The summed E-state index contributed by atoms with van der Waals surface area (Å²) >= 11 is 0. The predicted octanol–water partition coefficient (Wildman–Crippen LogP) is 3.42. The number of ether oxygens (including phenoxy) is 1. The Hall–Kier alpha value is -3.41. The van der Waals surface area contributed by atoms with Gasteiger partial charge in [-0.1, -0.05) is 35.9 Å². The Kier molecular flexibility index (Phi) is 5.07. The zero-order valence-electron chi connectivity index (χ0n) is 15.7. The summed E-state index contributed by atoms with van der Waals surface area (Å²) in [7, 11) is 1.41. The van der Waals surface area contributed by atoms with Gasteiger partial charge in [0.1, 0.15) is 0 Å². The van der Waals surface area contributed by atoms with Gasteiger partial charge in [0.05, 0.1) is 18.9 Å². The van der Waals surface area contributed by atoms with Crippen LogP contribution in [-0.2, 0) is 0 Å². The van der Waals surface area contributed by atoms with E-state index in [0.29, 0.717) is 5.69 Å². The number of anilines is 1. The maximum atomic E-state index is 12.9. The van der Waals surface area contributed by atoms with Gasteiger partial charge < -0.3 is 10.1 Å². The first-order chi connectivity index (χ1) is 12.9. The van der Waals surface area contributed by atoms with Crippen LogP contribution in [0.5, 0.6) is 5.75 Å². The third-order valence-corrected chi connectivity index (χ3v) is 4.33. The Morgan fingerprint density at radius 1 is 1.04 bits per heavy atom. The topological polar surface area (TPSA) is 73.2 Å². The van der Waals surface area contributed by atoms with E-state index in [1.807, 2.05) is 51.1 Å². The van der Waals surface area contributed by atoms with Gasteiger partial charge in [0, 0.05) is 5.69 Å². The lowest BCUT2D eigenvalue weighted by molar-refractivity contribution is 0.101. The number of amides is 1. The molecule has 138 valence electrons. The van der Waals surface area contributed by atoms with Gasteiger partial charge >= 0.3 is 0 Å². The fourth-order valence-electron chi connectivity index (χ4n) is 2.81. The summed E-state index contributed by atoms with van der Waals surface area (Å²) in [5.41, 5.74) is 3.91. The van der Waals surface area contributed by atoms with Crippen LogP contribution < -0.4 is 15.6 Å². The smallest absolute Gasteiger partial charge is 0.280 e. The molecule has 0 fully saturated rings. The van der Waals surface area contributed by atoms with Crippen molar-refractivity contribution >= 4 is 11.6 Å². The second-order valence-electron chi connectivity index (χ2n) is 6.37. The Morgan fingerprint density at radius 2 is 1.67 bits per heavy atom. The first kappa shape index (κ1) is 18.4. The number of nitrogens with one attached hydrogen (secondary N) is 1. The lowest BCUT2D eigenvalue weighted by Crippen LogP contribution is -2.26. The summed E-state index contributed by atoms with van der Waals surface area (Å²) < 4.78 is 6.41. The molecule has 6 nitrogen and oxygen atoms in total. The Morgan fingerprint density at radius 3 is 2.26 bits per heavy atom. The van der Waals surface area contributed by atoms with Gasteiger partial charge in [-0.3, -0.25) is 9.59 Å². The molecular weight excluding hydrogens is 342 g/mol. The fourth-order valence-corrected chi connectivity index (χ4v) is 2.81. The van der Waals surface area contributed by atoms with Crippen molar-refractivity contribution in [1.29, 1.82) is 0 Å². The van der Waals surface area contributed by atoms with Crippen molar-refractivity contribution in [2.75, 3.05) is 12.4 Å². The largest absolute Gasteiger partial charge is 0.494 e. The molecule has 3 rings (SSSR count). The maximum absolute atomic E-state index is 12.9. The van der Waals surface area contributed by atoms with Gasteiger partial charge in [0.2, 0.25) is 0 Å². The second kappa shape index (κ2) is 7.45. The average Bonchev–Trinajstić information content (AvgIpc) is 2.65. The van der Waals surface area contributed by atoms with Crippen molar-refractivity contribution in [3.05, 3.63) is 81.3 Å². The van der Waals surface area contributed by atoms with Crippen molar-refractivity contribution in [2.24, 2.45) is 0 Å². The number of hydrogen-bond acceptors (Lipinski definition) is 4. The average molecular weight is 363 g/mol. The van der Waals surface area contributed by atoms with Crippen LogP contribution in [0.4, 0.5) is 5.69 Å². The minimum atomic E-state index is -0.440. The van der Waals surface area contributed by atoms with E-state index in [1.54, 1.807) is 12.1 Å². The van der Waals surface area contributed by atoms with E-state index in [2.05, 4.69) is 10.4 Å². The molecule has 0 aliphatic heterocycles. The molecule has 3 aromatic rings. The lowest BCUT2D eigenvalue weighted by Gasteiger charge is -2.14. The molecule has 0 aliphatic rings. The molecule has 0 saturated heterocycles. The van der Waals surface area contributed by atoms with Crippen molar-refractivity contribution in [3.63, 3.8) is 0 Å². The van der Waals surface area contributed by atoms with Crippen molar-refractivity contribution in [3.8, 4) is 11.4 Å². The van der Waals surface area contributed by atoms with Crippen LogP contribution in [0.3, 0.4) is 0 Å². The predicted molar refractivity (Wildman–Crippen MR) is 105 cm³/mol. The standard InChI is InChI=1S/C21H21N3O3/c1-13-8-10-16(11-9-13)24-18(25)12-17(27-4)20(23-24)21(26)22-19-14(2)6-5-7-15(19)3/h5-12H,1-4H3,(H,22,26). The van der Waals surface area contributed by atoms with Gasteiger partial charge in [0.25, 0.3) is 11.5 Å². The van der Waals surface area contributed by atoms with Crippen LogP contribution in [0.2, 0.25) is 0 Å². The number of aromatic nitrogens is 2. The molecular formula is C21H21N3O3. The Bertz CT molecular complexity index is 1030. The van der Waals surface area contributed by atoms with E-state index < -0.39 is 5.91 Å². The quantitative estimate of drug-likeness (QED) is 0.771. The van der Waals surface area contributed by atoms with Gasteiger partial charge in [0.15, 0.2) is 11.4 Å². The molecule has 0 saturated carbocycles. The number of carbonyl (C=O) groups is 1. The molecule has 27 heavy (non-hydrogen) atoms. The van der Waals surface area contributed by atoms with E-state index >= 15 is 0 Å². The van der Waals surface area contributed by atoms with Crippen LogP contribution in [0.15, 0.2) is 53.3 Å². The highest BCUT2D eigenvalue weighted by molar-refractivity contribution is 6.05. The number of methoxy groups -OCH3 is 1. The molecule has 1 heterocycles. The zero-order valence-corrected chi connectivity index (χ0v) is 15.7. The molecule has 0 aliphatic carbocycles. The lowest BCUT2D eigenvalue weighted by atomic mass is 10.1. The van der Waals surface area contributed by atoms with Crippen molar-refractivity contribution < 1.29 is 9.53 Å². The molecule has 1 aromatic heterocycles. The number of hydrogen-bond donors (Lipinski definition) is 1. The van der Waals surface area contributed by atoms with E-state index in [4.69, 9.17) is 4.74 Å². The van der Waals surface area contributed by atoms with Crippen LogP contribution in [0.1, 0.15) is 27.2 Å². The van der Waals surface area contributed by atoms with Gasteiger partial charge in [-0.25, -0.2) is 0 Å². The van der Waals surface area contributed by atoms with E-state index in [-0.39, 0.29) is 17.0 Å². The van der Waals surface area contributed by atoms with Crippen LogP contribution in [0.25, 0.3) is 5.69 Å². The third kappa shape index (κ3) is 3.74. The van der Waals surface area contributed by atoms with E-state index in [9.17, 15) is 9.59 Å². The third-order valence-electron chi connectivity index (χ3n) is 4.33. The molecule has 6 heteroatoms. The second-order valence-corrected chi connectivity index (χ2v) is 6.37. The highest BCUT2D eigenvalue weighted by Crippen LogP contribution is 2.22. The molecule has 1 amide bonds. The number of benzene rings is 2. The summed E-state index contributed by atoms with van der Waals surface area (Å²) in [6, 6.07) is 14.4. The maximum Gasteiger partial charge on any atom is 0.280 e. The summed E-state index contributed by atoms with van der Waals surface area (Å²) in [5, 5.41) is 7.15. The first-order valence-corrected chi connectivity index (χ1v) is 8.53. The van der Waals surface area contributed by atoms with Gasteiger partial charge in [-0.15, -0.1) is 0 Å². The molecule has 0 radical (unpaired) electrons. The highest BCUT2D eigenvalue weighted by atomic mass is 16.5. The van der Waals surface area contributed by atoms with E-state index in [0.717, 1.165) is 22.4 Å². The zero-order chi connectivity index (χ0) is 19.6. The molecule has 0 bridgehead atoms. The number of nitrogens with zero attached hydrogens (tertiary/aromatic N) is 2. The minimum absolute atomic E-state index is 0.0420. The number of aryl methyl sites for hydroxylation is 3. The molecule has 0 unspecified atom stereocenters. The first-order valence-electron chi connectivity index (χ1n) is 8.53. The minimum Gasteiger partial charge on any atom is -0.494 e. The number of carbonyl (C=O) groups excluding carboxylic acids is 1. The molecule has 0 atom stereocenters. The summed E-state index contributed by atoms with van der Waals surface area (Å²) in [5.74, 6) is -0.308. The molecule has 2 aromatic carbocycles. The van der Waals surface area contributed by atoms with Gasteiger partial charge in [-0.2, -0.15) is 9.78 Å². The number of rotatable bonds is 4. The van der Waals surface area contributed by atoms with Crippen LogP contribution in [-0.4, -0.2) is 22.8 Å². The van der Waals surface area contributed by atoms with Crippen molar-refractivity contribution in [2.45, 2.75) is 20.8 Å². The Balaban J connectivity index is 2.06. The van der Waals surface area contributed by atoms with Crippen molar-refractivity contribution in [1.82, 2.24) is 9.78 Å². The summed E-state index contributed by atoms with van der Waals surface area (Å²) in [6.07, 6.45) is 0. The Labute approximate surface area is 157 Å². The van der Waals surface area contributed by atoms with E-state index in [1.165, 1.54) is 17.9 Å². The fraction of sp³-hybridized carbons (Fsp3) is 0.190. The van der Waals surface area contributed by atoms with Crippen LogP contribution in [0, 0.1) is 20.8 Å². The number of para-hydroxylation sites is 1. The van der Waals surface area contributed by atoms with Crippen LogP contribution >= 0.6 is 0 Å². The summed E-state index contributed by atoms with van der Waals surface area (Å²) in [6.45, 7) is 5.79. The molecule has 0 spiro atoms. The SMILES string of the molecule is COc1cc(=O)n(-c2ccc(C)cc2)nc1C(=O)Nc1c(C)cccc1C. The summed E-state index contributed by atoms with van der Waals surface area (Å²) in [4.78, 5) is 25.3. The van der Waals surface area contributed by atoms with Gasteiger partial charge in [-0.05, 0) is 44.0 Å².